The zero-order valence-corrected chi connectivity index (χ0v) is 24.8. The molecule has 0 spiro atoms. The fourth-order valence-electron chi connectivity index (χ4n) is 5.92. The number of carbonyl (C=O) groups is 3. The van der Waals surface area contributed by atoms with E-state index < -0.39 is 40.6 Å². The van der Waals surface area contributed by atoms with E-state index in [4.69, 9.17) is 0 Å². The molecule has 5 rings (SSSR count). The van der Waals surface area contributed by atoms with Crippen molar-refractivity contribution >= 4 is 29.5 Å². The maximum atomic E-state index is 14.2. The Morgan fingerprint density at radius 1 is 1.05 bits per heavy atom. The van der Waals surface area contributed by atoms with E-state index in [0.717, 1.165) is 24.0 Å². The van der Waals surface area contributed by atoms with Gasteiger partial charge < -0.3 is 20.6 Å². The minimum Gasteiger partial charge on any atom is -0.381 e. The van der Waals surface area contributed by atoms with E-state index in [1.165, 1.54) is 47.3 Å². The molecule has 3 aromatic carbocycles. The number of aryl methyl sites for hydroxylation is 1. The third kappa shape index (κ3) is 6.08. The van der Waals surface area contributed by atoms with E-state index in [1.54, 1.807) is 0 Å². The van der Waals surface area contributed by atoms with Crippen LogP contribution >= 0.6 is 11.8 Å². The summed E-state index contributed by atoms with van der Waals surface area (Å²) in [7, 11) is 0. The molecule has 1 aliphatic carbocycles. The van der Waals surface area contributed by atoms with E-state index in [9.17, 15) is 23.9 Å². The summed E-state index contributed by atoms with van der Waals surface area (Å²) in [4.78, 5) is 42.4. The lowest BCUT2D eigenvalue weighted by atomic mass is 9.96. The predicted molar refractivity (Wildman–Crippen MR) is 161 cm³/mol. The molecule has 3 aromatic rings. The van der Waals surface area contributed by atoms with Gasteiger partial charge in [0.05, 0.1) is 18.0 Å². The number of halogens is 1. The Bertz CT molecular complexity index is 1480. The molecule has 4 atom stereocenters. The van der Waals surface area contributed by atoms with Crippen LogP contribution in [0, 0.1) is 12.7 Å². The third-order valence-corrected chi connectivity index (χ3v) is 9.66. The lowest BCUT2D eigenvalue weighted by Crippen LogP contribution is -2.59. The van der Waals surface area contributed by atoms with Crippen LogP contribution in [-0.2, 0) is 22.4 Å². The molecule has 0 aromatic heterocycles. The fourth-order valence-corrected chi connectivity index (χ4v) is 7.06. The molecule has 0 saturated carbocycles. The van der Waals surface area contributed by atoms with Gasteiger partial charge in [0.1, 0.15) is 11.9 Å². The van der Waals surface area contributed by atoms with Crippen molar-refractivity contribution in [2.75, 3.05) is 5.88 Å². The molecule has 3 amide bonds. The number of benzene rings is 3. The smallest absolute Gasteiger partial charge is 0.254 e. The second-order valence-corrected chi connectivity index (χ2v) is 13.1. The molecule has 1 fully saturated rings. The van der Waals surface area contributed by atoms with Crippen LogP contribution in [-0.4, -0.2) is 56.5 Å². The van der Waals surface area contributed by atoms with Gasteiger partial charge in [0, 0.05) is 10.3 Å². The second-order valence-electron chi connectivity index (χ2n) is 11.5. The molecule has 1 heterocycles. The van der Waals surface area contributed by atoms with Crippen molar-refractivity contribution in [3.05, 3.63) is 106 Å². The third-order valence-electron chi connectivity index (χ3n) is 8.29. The van der Waals surface area contributed by atoms with E-state index in [-0.39, 0.29) is 35.4 Å². The number of aliphatic hydroxyl groups is 1. The first-order chi connectivity index (χ1) is 20.1. The number of rotatable bonds is 8. The highest BCUT2D eigenvalue weighted by atomic mass is 32.2. The summed E-state index contributed by atoms with van der Waals surface area (Å²) in [6, 6.07) is 19.5. The van der Waals surface area contributed by atoms with Gasteiger partial charge in [0.15, 0.2) is 6.10 Å². The Balaban J connectivity index is 1.37. The molecule has 1 saturated heterocycles. The largest absolute Gasteiger partial charge is 0.381 e. The van der Waals surface area contributed by atoms with Gasteiger partial charge in [-0.3, -0.25) is 14.4 Å². The van der Waals surface area contributed by atoms with Gasteiger partial charge in [0.2, 0.25) is 5.91 Å². The van der Waals surface area contributed by atoms with Gasteiger partial charge in [-0.15, -0.1) is 11.8 Å². The number of carbonyl (C=O) groups excluding carboxylic acids is 3. The maximum absolute atomic E-state index is 14.2. The minimum absolute atomic E-state index is 0.125. The molecule has 220 valence electrons. The van der Waals surface area contributed by atoms with E-state index in [2.05, 4.69) is 16.7 Å². The number of nitrogens with zero attached hydrogens (tertiary/aromatic N) is 1. The van der Waals surface area contributed by atoms with Crippen LogP contribution < -0.4 is 10.6 Å². The van der Waals surface area contributed by atoms with Crippen molar-refractivity contribution in [1.29, 1.82) is 0 Å². The Morgan fingerprint density at radius 3 is 2.52 bits per heavy atom. The highest BCUT2D eigenvalue weighted by Crippen LogP contribution is 2.41. The van der Waals surface area contributed by atoms with E-state index in [1.807, 2.05) is 62.4 Å². The first-order valence-electron chi connectivity index (χ1n) is 14.2. The summed E-state index contributed by atoms with van der Waals surface area (Å²) in [5, 5.41) is 17.4. The van der Waals surface area contributed by atoms with Gasteiger partial charge in [-0.05, 0) is 74.4 Å². The Morgan fingerprint density at radius 2 is 1.76 bits per heavy atom. The fraction of sp³-hybridized carbons (Fsp3) is 0.364. The molecule has 0 radical (unpaired) electrons. The molecular formula is C33H36FN3O4S. The van der Waals surface area contributed by atoms with Crippen LogP contribution in [0.15, 0.2) is 72.8 Å². The number of fused-ring (bicyclic) bond motifs is 1. The van der Waals surface area contributed by atoms with E-state index >= 15 is 0 Å². The molecule has 7 nitrogen and oxygen atoms in total. The van der Waals surface area contributed by atoms with Crippen molar-refractivity contribution in [3.8, 4) is 0 Å². The lowest BCUT2D eigenvalue weighted by molar-refractivity contribution is -0.147. The van der Waals surface area contributed by atoms with Crippen LogP contribution in [0.5, 0.6) is 0 Å². The highest BCUT2D eigenvalue weighted by Gasteiger charge is 2.50. The summed E-state index contributed by atoms with van der Waals surface area (Å²) in [6.45, 7) is 5.34. The predicted octanol–water partition coefficient (Wildman–Crippen LogP) is 4.32. The number of amides is 3. The molecule has 0 unspecified atom stereocenters. The quantitative estimate of drug-likeness (QED) is 0.364. The SMILES string of the molecule is Cc1c(F)cccc1C(=O)N[C@@H](Cc1ccccc1)[C@H](O)C(=O)N1CSC(C)(C)[C@H]1C(=O)N[C@H]1CCc2ccccc21. The van der Waals surface area contributed by atoms with Gasteiger partial charge in [-0.2, -0.15) is 0 Å². The summed E-state index contributed by atoms with van der Waals surface area (Å²) in [5.41, 5.74) is 3.40. The lowest BCUT2D eigenvalue weighted by Gasteiger charge is -2.34. The molecule has 0 bridgehead atoms. The zero-order valence-electron chi connectivity index (χ0n) is 24.0. The highest BCUT2D eigenvalue weighted by molar-refractivity contribution is 8.00. The van der Waals surface area contributed by atoms with Crippen LogP contribution in [0.2, 0.25) is 0 Å². The topological polar surface area (TPSA) is 98.7 Å². The van der Waals surface area contributed by atoms with Crippen LogP contribution in [0.3, 0.4) is 0 Å². The number of hydrogen-bond donors (Lipinski definition) is 3. The number of aliphatic hydroxyl groups excluding tert-OH is 1. The first-order valence-corrected chi connectivity index (χ1v) is 15.2. The summed E-state index contributed by atoms with van der Waals surface area (Å²) >= 11 is 1.47. The van der Waals surface area contributed by atoms with Crippen molar-refractivity contribution in [3.63, 3.8) is 0 Å². The van der Waals surface area contributed by atoms with Crippen LogP contribution in [0.4, 0.5) is 4.39 Å². The van der Waals surface area contributed by atoms with Crippen molar-refractivity contribution in [1.82, 2.24) is 15.5 Å². The van der Waals surface area contributed by atoms with Gasteiger partial charge in [-0.25, -0.2) is 4.39 Å². The van der Waals surface area contributed by atoms with Crippen molar-refractivity contribution in [2.45, 2.75) is 69.0 Å². The van der Waals surface area contributed by atoms with Crippen molar-refractivity contribution in [2.24, 2.45) is 0 Å². The average molecular weight is 590 g/mol. The number of thioether (sulfide) groups is 1. The maximum Gasteiger partial charge on any atom is 0.254 e. The second kappa shape index (κ2) is 12.3. The molecule has 2 aliphatic rings. The van der Waals surface area contributed by atoms with Crippen molar-refractivity contribution < 1.29 is 23.9 Å². The standard InChI is InChI=1S/C33H36FN3O4S/c1-20-23(14-9-15-25(20)34)30(39)36-27(18-21-10-5-4-6-11-21)28(38)32(41)37-19-42-33(2,3)29(37)31(40)35-26-17-16-22-12-7-8-13-24(22)26/h4-15,26-29,38H,16-19H2,1-3H3,(H,35,40)(H,36,39)/t26-,27-,28-,29+/m0/s1. The number of hydrogen-bond acceptors (Lipinski definition) is 5. The first kappa shape index (κ1) is 29.8. The van der Waals surface area contributed by atoms with Gasteiger partial charge >= 0.3 is 0 Å². The monoisotopic (exact) mass is 589 g/mol. The van der Waals surface area contributed by atoms with Gasteiger partial charge in [-0.1, -0.05) is 60.7 Å². The molecule has 9 heteroatoms. The van der Waals surface area contributed by atoms with Crippen LogP contribution in [0.25, 0.3) is 0 Å². The Labute approximate surface area is 249 Å². The molecule has 3 N–H and O–H groups in total. The zero-order chi connectivity index (χ0) is 30.0. The summed E-state index contributed by atoms with van der Waals surface area (Å²) in [6.07, 6.45) is 0.178. The molecular weight excluding hydrogens is 553 g/mol. The normalized spacial score (nSPS) is 20.5. The average Bonchev–Trinajstić information content (AvgIpc) is 3.53. The van der Waals surface area contributed by atoms with Crippen LogP contribution in [0.1, 0.15) is 58.9 Å². The minimum atomic E-state index is -1.64. The summed E-state index contributed by atoms with van der Waals surface area (Å²) in [5.74, 6) is -1.81. The molecule has 42 heavy (non-hydrogen) atoms. The molecule has 1 aliphatic heterocycles. The Hall–Kier alpha value is -3.69. The van der Waals surface area contributed by atoms with E-state index in [0.29, 0.717) is 0 Å². The Kier molecular flexibility index (Phi) is 8.70. The van der Waals surface area contributed by atoms with Gasteiger partial charge in [0.25, 0.3) is 11.8 Å². The number of nitrogens with one attached hydrogen (secondary N) is 2. The summed E-state index contributed by atoms with van der Waals surface area (Å²) < 4.78 is 13.6.